The van der Waals surface area contributed by atoms with Crippen LogP contribution in [0.4, 0.5) is 0 Å². The number of aromatic nitrogens is 3. The maximum absolute atomic E-state index is 11.3. The van der Waals surface area contributed by atoms with Gasteiger partial charge in [0, 0.05) is 48.3 Å². The summed E-state index contributed by atoms with van der Waals surface area (Å²) in [5, 5.41) is 32.0. The molecular weight excluding hydrogens is 526 g/mol. The highest BCUT2D eigenvalue weighted by atomic mass is 16.4. The van der Waals surface area contributed by atoms with Crippen molar-refractivity contribution in [1.29, 1.82) is 0 Å². The summed E-state index contributed by atoms with van der Waals surface area (Å²) in [7, 11) is 0. The van der Waals surface area contributed by atoms with Gasteiger partial charge in [-0.2, -0.15) is 10.2 Å². The van der Waals surface area contributed by atoms with E-state index in [0.717, 1.165) is 50.6 Å². The van der Waals surface area contributed by atoms with Crippen molar-refractivity contribution in [3.8, 4) is 28.2 Å². The average Bonchev–Trinajstić information content (AvgIpc) is 3.67. The quantitative estimate of drug-likeness (QED) is 0.222. The number of aliphatic hydroxyl groups excluding tert-OH is 1. The van der Waals surface area contributed by atoms with Crippen LogP contribution < -0.4 is 0 Å². The van der Waals surface area contributed by atoms with E-state index in [2.05, 4.69) is 29.2 Å². The average molecular weight is 558 g/mol. The van der Waals surface area contributed by atoms with E-state index in [9.17, 15) is 15.0 Å². The molecule has 5 aromatic rings. The van der Waals surface area contributed by atoms with E-state index < -0.39 is 12.2 Å². The van der Waals surface area contributed by atoms with E-state index in [1.54, 1.807) is 11.2 Å². The van der Waals surface area contributed by atoms with E-state index in [4.69, 9.17) is 10.2 Å². The third-order valence-corrected chi connectivity index (χ3v) is 7.49. The second kappa shape index (κ2) is 11.8. The van der Waals surface area contributed by atoms with Crippen LogP contribution in [0.2, 0.25) is 0 Å². The highest BCUT2D eigenvalue weighted by Gasteiger charge is 2.36. The van der Waals surface area contributed by atoms with E-state index in [1.165, 1.54) is 0 Å². The van der Waals surface area contributed by atoms with E-state index in [1.807, 2.05) is 90.6 Å². The second-order valence-corrected chi connectivity index (χ2v) is 10.4. The Hall–Kier alpha value is -5.08. The van der Waals surface area contributed by atoms with Crippen molar-refractivity contribution in [2.24, 2.45) is 5.10 Å². The number of carboxylic acids is 1. The zero-order valence-corrected chi connectivity index (χ0v) is 23.2. The molecule has 0 bridgehead atoms. The minimum absolute atomic E-state index is 0.0495. The molecule has 0 saturated heterocycles. The standard InChI is InChI=1S/C34H31N5O3/c1-23-10-12-26(13-11-23)34-28(22-38(37-34)27-7-3-2-4-8-27)31-21-30(36-39(31)32(40)18-19-33(41)42)25-16-14-24(15-17-25)29-9-5-6-20-35-29/h2-17,20,22,31-32,40H,18-19,21H2,1H3,(H,41,42). The number of aliphatic carboxylic acids is 1. The van der Waals surface area contributed by atoms with Gasteiger partial charge in [0.2, 0.25) is 0 Å². The van der Waals surface area contributed by atoms with Crippen LogP contribution in [0.15, 0.2) is 115 Å². The molecule has 1 aliphatic heterocycles. The maximum atomic E-state index is 11.3. The van der Waals surface area contributed by atoms with Gasteiger partial charge in [-0.3, -0.25) is 14.8 Å². The summed E-state index contributed by atoms with van der Waals surface area (Å²) in [5.41, 5.74) is 8.34. The number of carboxylic acid groups (broad SMARTS) is 1. The molecule has 0 spiro atoms. The summed E-state index contributed by atoms with van der Waals surface area (Å²) < 4.78 is 1.85. The molecule has 2 unspecified atom stereocenters. The van der Waals surface area contributed by atoms with Gasteiger partial charge in [0.05, 0.1) is 28.8 Å². The SMILES string of the molecule is Cc1ccc(-c2nn(-c3ccccc3)cc2C2CC(c3ccc(-c4ccccn4)cc3)=NN2C(O)CCC(=O)O)cc1. The van der Waals surface area contributed by atoms with Crippen LogP contribution >= 0.6 is 0 Å². The van der Waals surface area contributed by atoms with Crippen molar-refractivity contribution >= 4 is 11.7 Å². The maximum Gasteiger partial charge on any atom is 0.303 e. The van der Waals surface area contributed by atoms with Gasteiger partial charge < -0.3 is 10.2 Å². The number of aliphatic hydroxyl groups is 1. The van der Waals surface area contributed by atoms with E-state index >= 15 is 0 Å². The molecule has 2 atom stereocenters. The van der Waals surface area contributed by atoms with Gasteiger partial charge in [-0.25, -0.2) is 4.68 Å². The molecule has 0 radical (unpaired) electrons. The van der Waals surface area contributed by atoms with Crippen LogP contribution in [0, 0.1) is 6.92 Å². The van der Waals surface area contributed by atoms with Crippen LogP contribution in [0.5, 0.6) is 0 Å². The smallest absolute Gasteiger partial charge is 0.303 e. The van der Waals surface area contributed by atoms with Crippen molar-refractivity contribution in [1.82, 2.24) is 19.8 Å². The molecular formula is C34H31N5O3. The molecule has 42 heavy (non-hydrogen) atoms. The van der Waals surface area contributed by atoms with Gasteiger partial charge in [0.1, 0.15) is 6.23 Å². The van der Waals surface area contributed by atoms with Crippen LogP contribution in [0.25, 0.3) is 28.2 Å². The first-order chi connectivity index (χ1) is 20.5. The van der Waals surface area contributed by atoms with Gasteiger partial charge in [0.15, 0.2) is 0 Å². The first-order valence-electron chi connectivity index (χ1n) is 14.0. The number of hydrazone groups is 1. The number of nitrogens with zero attached hydrogens (tertiary/aromatic N) is 5. The summed E-state index contributed by atoms with van der Waals surface area (Å²) in [6.45, 7) is 2.05. The first kappa shape index (κ1) is 27.1. The highest BCUT2D eigenvalue weighted by Crippen LogP contribution is 2.40. The van der Waals surface area contributed by atoms with E-state index in [0.29, 0.717) is 6.42 Å². The molecule has 8 nitrogen and oxygen atoms in total. The third kappa shape index (κ3) is 5.70. The number of aryl methyl sites for hydroxylation is 1. The van der Waals surface area contributed by atoms with Crippen LogP contribution in [-0.4, -0.2) is 47.9 Å². The minimum atomic E-state index is -1.08. The summed E-state index contributed by atoms with van der Waals surface area (Å²) in [5.74, 6) is -0.962. The molecule has 2 aromatic heterocycles. The molecule has 0 saturated carbocycles. The number of hydrogen-bond donors (Lipinski definition) is 2. The van der Waals surface area contributed by atoms with Crippen molar-refractivity contribution in [3.63, 3.8) is 0 Å². The summed E-state index contributed by atoms with van der Waals surface area (Å²) in [6.07, 6.45) is 3.09. The molecule has 3 aromatic carbocycles. The van der Waals surface area contributed by atoms with Crippen LogP contribution in [0.3, 0.4) is 0 Å². The molecule has 2 N–H and O–H groups in total. The van der Waals surface area contributed by atoms with Gasteiger partial charge in [-0.05, 0) is 36.8 Å². The summed E-state index contributed by atoms with van der Waals surface area (Å²) in [4.78, 5) is 15.8. The number of pyridine rings is 1. The van der Waals surface area contributed by atoms with Crippen molar-refractivity contribution in [3.05, 3.63) is 126 Å². The Bertz CT molecular complexity index is 1700. The fraction of sp³-hybridized carbons (Fsp3) is 0.176. The minimum Gasteiger partial charge on any atom is -0.481 e. The first-order valence-corrected chi connectivity index (χ1v) is 14.0. The lowest BCUT2D eigenvalue weighted by Gasteiger charge is -2.28. The lowest BCUT2D eigenvalue weighted by atomic mass is 9.95. The fourth-order valence-corrected chi connectivity index (χ4v) is 5.26. The number of rotatable bonds is 9. The predicted octanol–water partition coefficient (Wildman–Crippen LogP) is 6.24. The Morgan fingerprint density at radius 1 is 0.905 bits per heavy atom. The van der Waals surface area contributed by atoms with Crippen molar-refractivity contribution in [2.45, 2.75) is 38.5 Å². The normalized spacial score (nSPS) is 15.4. The monoisotopic (exact) mass is 557 g/mol. The van der Waals surface area contributed by atoms with Gasteiger partial charge >= 0.3 is 5.97 Å². The Morgan fingerprint density at radius 3 is 2.29 bits per heavy atom. The fourth-order valence-electron chi connectivity index (χ4n) is 5.26. The van der Waals surface area contributed by atoms with E-state index in [-0.39, 0.29) is 18.9 Å². The predicted molar refractivity (Wildman–Crippen MR) is 162 cm³/mol. The molecule has 0 fully saturated rings. The molecule has 1 aliphatic rings. The lowest BCUT2D eigenvalue weighted by Crippen LogP contribution is -2.32. The molecule has 6 rings (SSSR count). The molecule has 8 heteroatoms. The number of carbonyl (C=O) groups is 1. The summed E-state index contributed by atoms with van der Waals surface area (Å²) in [6, 6.07) is 31.6. The summed E-state index contributed by atoms with van der Waals surface area (Å²) >= 11 is 0. The Kier molecular flexibility index (Phi) is 7.62. The van der Waals surface area contributed by atoms with Gasteiger partial charge in [-0.1, -0.05) is 78.4 Å². The molecule has 3 heterocycles. The number of para-hydroxylation sites is 1. The Morgan fingerprint density at radius 2 is 1.60 bits per heavy atom. The largest absolute Gasteiger partial charge is 0.481 e. The van der Waals surface area contributed by atoms with Crippen molar-refractivity contribution < 1.29 is 15.0 Å². The highest BCUT2D eigenvalue weighted by molar-refractivity contribution is 6.02. The van der Waals surface area contributed by atoms with Crippen LogP contribution in [-0.2, 0) is 4.79 Å². The Labute approximate surface area is 244 Å². The van der Waals surface area contributed by atoms with Crippen molar-refractivity contribution in [2.75, 3.05) is 0 Å². The van der Waals surface area contributed by atoms with Crippen LogP contribution in [0.1, 0.15) is 42.0 Å². The zero-order chi connectivity index (χ0) is 29.1. The third-order valence-electron chi connectivity index (χ3n) is 7.49. The lowest BCUT2D eigenvalue weighted by molar-refractivity contribution is -0.138. The zero-order valence-electron chi connectivity index (χ0n) is 23.2. The number of hydrogen-bond acceptors (Lipinski definition) is 6. The molecule has 0 aliphatic carbocycles. The Balaban J connectivity index is 1.40. The molecule has 0 amide bonds. The second-order valence-electron chi connectivity index (χ2n) is 10.4. The number of benzene rings is 3. The van der Waals surface area contributed by atoms with Gasteiger partial charge in [0.25, 0.3) is 0 Å². The van der Waals surface area contributed by atoms with Gasteiger partial charge in [-0.15, -0.1) is 0 Å². The topological polar surface area (TPSA) is 104 Å². The molecule has 210 valence electrons.